The van der Waals surface area contributed by atoms with Crippen molar-refractivity contribution in [2.75, 3.05) is 13.7 Å². The number of rotatable bonds is 9. The van der Waals surface area contributed by atoms with Gasteiger partial charge in [0.15, 0.2) is 18.3 Å². The van der Waals surface area contributed by atoms with Crippen LogP contribution in [-0.4, -0.2) is 90.4 Å². The molecular formula is C30H38N2O13. The Morgan fingerprint density at radius 3 is 2.04 bits per heavy atom. The summed E-state index contributed by atoms with van der Waals surface area (Å²) in [6.45, 7) is 10.1. The van der Waals surface area contributed by atoms with E-state index in [0.29, 0.717) is 22.9 Å². The summed E-state index contributed by atoms with van der Waals surface area (Å²) in [4.78, 5) is 73.4. The van der Waals surface area contributed by atoms with E-state index in [1.807, 2.05) is 0 Å². The van der Waals surface area contributed by atoms with Gasteiger partial charge in [0, 0.05) is 45.8 Å². The van der Waals surface area contributed by atoms with Gasteiger partial charge in [-0.05, 0) is 51.0 Å². The maximum atomic E-state index is 13.0. The first-order valence-electron chi connectivity index (χ1n) is 14.0. The molecule has 1 aromatic carbocycles. The normalized spacial score (nSPS) is 21.3. The molecule has 1 aromatic heterocycles. The van der Waals surface area contributed by atoms with Crippen molar-refractivity contribution in [2.24, 2.45) is 0 Å². The average molecular weight is 635 g/mol. The number of carbonyl (C=O) groups is 6. The first-order chi connectivity index (χ1) is 21.0. The molecule has 15 nitrogen and oxygen atoms in total. The van der Waals surface area contributed by atoms with E-state index in [2.05, 4.69) is 5.32 Å². The molecule has 1 amide bonds. The number of esters is 4. The second kappa shape index (κ2) is 14.4. The molecular weight excluding hydrogens is 596 g/mol. The number of ether oxygens (including phenoxy) is 7. The van der Waals surface area contributed by atoms with Crippen LogP contribution in [0.4, 0.5) is 4.79 Å². The van der Waals surface area contributed by atoms with E-state index in [1.54, 1.807) is 39.1 Å². The molecule has 45 heavy (non-hydrogen) atoms. The first kappa shape index (κ1) is 34.8. The zero-order valence-electron chi connectivity index (χ0n) is 26.4. The predicted octanol–water partition coefficient (Wildman–Crippen LogP) is 2.17. The third-order valence-electron chi connectivity index (χ3n) is 6.30. The molecule has 0 spiro atoms. The van der Waals surface area contributed by atoms with Gasteiger partial charge in [0.25, 0.3) is 0 Å². The molecule has 3 rings (SSSR count). The molecule has 2 aromatic rings. The highest BCUT2D eigenvalue weighted by molar-refractivity contribution is 5.93. The van der Waals surface area contributed by atoms with E-state index in [4.69, 9.17) is 33.2 Å². The number of hydrogen-bond acceptors (Lipinski definition) is 13. The van der Waals surface area contributed by atoms with Gasteiger partial charge in [-0.15, -0.1) is 0 Å². The molecule has 0 bridgehead atoms. The van der Waals surface area contributed by atoms with Crippen molar-refractivity contribution in [3.05, 3.63) is 30.0 Å². The van der Waals surface area contributed by atoms with E-state index < -0.39 is 66.3 Å². The Morgan fingerprint density at radius 1 is 0.889 bits per heavy atom. The molecule has 1 fully saturated rings. The maximum Gasteiger partial charge on any atom is 0.419 e. The highest BCUT2D eigenvalue weighted by Crippen LogP contribution is 2.33. The van der Waals surface area contributed by atoms with E-state index in [1.165, 1.54) is 17.6 Å². The van der Waals surface area contributed by atoms with Crippen molar-refractivity contribution in [2.45, 2.75) is 91.2 Å². The number of benzene rings is 1. The summed E-state index contributed by atoms with van der Waals surface area (Å²) < 4.78 is 39.7. The lowest BCUT2D eigenvalue weighted by Crippen LogP contribution is -2.64. The van der Waals surface area contributed by atoms with E-state index >= 15 is 0 Å². The van der Waals surface area contributed by atoms with Crippen LogP contribution in [0.3, 0.4) is 0 Å². The lowest BCUT2D eigenvalue weighted by molar-refractivity contribution is -0.282. The number of carbonyl (C=O) groups excluding carboxylic acids is 6. The van der Waals surface area contributed by atoms with Crippen LogP contribution < -0.4 is 10.1 Å². The van der Waals surface area contributed by atoms with E-state index in [0.717, 1.165) is 27.9 Å². The molecule has 0 saturated carbocycles. The number of nitrogens with one attached hydrogen (secondary N) is 1. The second-order valence-electron chi connectivity index (χ2n) is 11.2. The summed E-state index contributed by atoms with van der Waals surface area (Å²) >= 11 is 0. The van der Waals surface area contributed by atoms with Crippen molar-refractivity contribution in [1.29, 1.82) is 0 Å². The lowest BCUT2D eigenvalue weighted by Gasteiger charge is -2.43. The van der Waals surface area contributed by atoms with Crippen molar-refractivity contribution in [1.82, 2.24) is 9.88 Å². The number of amides is 1. The van der Waals surface area contributed by atoms with Gasteiger partial charge >= 0.3 is 30.0 Å². The molecule has 5 atom stereocenters. The van der Waals surface area contributed by atoms with Crippen molar-refractivity contribution >= 4 is 46.8 Å². The minimum absolute atomic E-state index is 0.142. The number of fused-ring (bicyclic) bond motifs is 1. The minimum atomic E-state index is -1.63. The van der Waals surface area contributed by atoms with Crippen LogP contribution in [0.15, 0.2) is 24.4 Å². The van der Waals surface area contributed by atoms with Gasteiger partial charge in [-0.3, -0.25) is 23.7 Å². The maximum absolute atomic E-state index is 13.0. The number of methoxy groups -OCH3 is 1. The zero-order valence-corrected chi connectivity index (χ0v) is 26.4. The topological polar surface area (TPSA) is 184 Å². The van der Waals surface area contributed by atoms with Crippen LogP contribution >= 0.6 is 0 Å². The second-order valence-corrected chi connectivity index (χ2v) is 11.2. The fourth-order valence-corrected chi connectivity index (χ4v) is 4.69. The Balaban J connectivity index is 2.09. The molecule has 5 unspecified atom stereocenters. The van der Waals surface area contributed by atoms with Crippen LogP contribution in [-0.2, 0) is 58.8 Å². The quantitative estimate of drug-likeness (QED) is 0.313. The molecule has 15 heteroatoms. The fraction of sp³-hybridized carbons (Fsp3) is 0.533. The van der Waals surface area contributed by atoms with Crippen molar-refractivity contribution < 1.29 is 61.9 Å². The summed E-state index contributed by atoms with van der Waals surface area (Å²) in [6.07, 6.45) is -6.47. The summed E-state index contributed by atoms with van der Waals surface area (Å²) in [7, 11) is 1.08. The highest BCUT2D eigenvalue weighted by Gasteiger charge is 2.55. The molecule has 1 aliphatic heterocycles. The molecule has 0 radical (unpaired) electrons. The van der Waals surface area contributed by atoms with E-state index in [9.17, 15) is 28.8 Å². The Hall–Kier alpha value is -4.66. The summed E-state index contributed by atoms with van der Waals surface area (Å²) in [5.41, 5.74) is 0.363. The van der Waals surface area contributed by atoms with Gasteiger partial charge in [0.1, 0.15) is 11.4 Å². The SMILES string of the molecule is COC(=O)C1OC(Oc2ccc3c(c2)c(CCNC(C)=O)cn3C(=O)OC(C)(C)C)C(OC(C)=O)C(OC(C)=O)C1OC(C)=O. The Labute approximate surface area is 259 Å². The summed E-state index contributed by atoms with van der Waals surface area (Å²) in [5.74, 6) is -3.52. The monoisotopic (exact) mass is 634 g/mol. The molecule has 0 aliphatic carbocycles. The smallest absolute Gasteiger partial charge is 0.419 e. The Kier molecular flexibility index (Phi) is 11.2. The highest BCUT2D eigenvalue weighted by atomic mass is 16.7. The standard InChI is InChI=1S/C30H38N2O13/c1-15(33)31-12-11-19-14-32(29(38)45-30(5,6)7)22-10-9-20(13-21(19)22)43-28-26(42-18(4)36)24(41-17(3)35)23(40-16(2)34)25(44-28)27(37)39-8/h9-10,13-14,23-26,28H,11-12H2,1-8H3,(H,31,33). The van der Waals surface area contributed by atoms with Gasteiger partial charge in [-0.25, -0.2) is 9.59 Å². The average Bonchev–Trinajstić information content (AvgIpc) is 3.27. The molecule has 246 valence electrons. The van der Waals surface area contributed by atoms with Gasteiger partial charge in [-0.2, -0.15) is 0 Å². The van der Waals surface area contributed by atoms with Crippen LogP contribution in [0, 0.1) is 0 Å². The van der Waals surface area contributed by atoms with Crippen molar-refractivity contribution in [3.8, 4) is 5.75 Å². The lowest BCUT2D eigenvalue weighted by atomic mass is 9.97. The van der Waals surface area contributed by atoms with Gasteiger partial charge in [0.2, 0.25) is 18.3 Å². The largest absolute Gasteiger partial charge is 0.467 e. The van der Waals surface area contributed by atoms with Gasteiger partial charge in [-0.1, -0.05) is 0 Å². The molecule has 2 heterocycles. The first-order valence-corrected chi connectivity index (χ1v) is 14.0. The Bertz CT molecular complexity index is 1460. The van der Waals surface area contributed by atoms with Gasteiger partial charge in [0.05, 0.1) is 12.6 Å². The third kappa shape index (κ3) is 9.17. The van der Waals surface area contributed by atoms with E-state index in [-0.39, 0.29) is 18.2 Å². The molecule has 1 N–H and O–H groups in total. The summed E-state index contributed by atoms with van der Waals surface area (Å²) in [5, 5.41) is 3.27. The van der Waals surface area contributed by atoms with Crippen LogP contribution in [0.25, 0.3) is 10.9 Å². The third-order valence-corrected chi connectivity index (χ3v) is 6.30. The van der Waals surface area contributed by atoms with Crippen LogP contribution in [0.5, 0.6) is 5.75 Å². The van der Waals surface area contributed by atoms with Crippen LogP contribution in [0.1, 0.15) is 54.0 Å². The number of nitrogens with zero attached hydrogens (tertiary/aromatic N) is 1. The minimum Gasteiger partial charge on any atom is -0.467 e. The Morgan fingerprint density at radius 2 is 1.49 bits per heavy atom. The number of aromatic nitrogens is 1. The zero-order chi connectivity index (χ0) is 33.6. The van der Waals surface area contributed by atoms with Gasteiger partial charge < -0.3 is 38.5 Å². The number of hydrogen-bond donors (Lipinski definition) is 1. The van der Waals surface area contributed by atoms with Crippen LogP contribution in [0.2, 0.25) is 0 Å². The fourth-order valence-electron chi connectivity index (χ4n) is 4.69. The van der Waals surface area contributed by atoms with Crippen molar-refractivity contribution in [3.63, 3.8) is 0 Å². The summed E-state index contributed by atoms with van der Waals surface area (Å²) in [6, 6.07) is 4.67. The molecule has 1 saturated heterocycles. The molecule has 1 aliphatic rings. The predicted molar refractivity (Wildman–Crippen MR) is 154 cm³/mol.